The Labute approximate surface area is 253 Å². The van der Waals surface area contributed by atoms with E-state index in [1.54, 1.807) is 0 Å². The average molecular weight is 610 g/mol. The smallest absolute Gasteiger partial charge is 0.547 e. The summed E-state index contributed by atoms with van der Waals surface area (Å²) in [7, 11) is 3.02. The van der Waals surface area contributed by atoms with Gasteiger partial charge in [0.15, 0.2) is 31.1 Å². The summed E-state index contributed by atoms with van der Waals surface area (Å²) < 4.78 is 40.0. The van der Waals surface area contributed by atoms with Crippen molar-refractivity contribution < 1.29 is 123 Å². The zero-order chi connectivity index (χ0) is 30.0. The van der Waals surface area contributed by atoms with Gasteiger partial charge in [-0.25, -0.2) is 9.59 Å². The maximum atomic E-state index is 12.1. The second-order valence-corrected chi connectivity index (χ2v) is 9.01. The standard InChI is InChI=1S/C21H32O19.Na/c1-33-10-5(23)8(26)21(40-14(10)18(31)34-2)37-11-6(24)9(27)20(39-13(11)16(28)29)38-12-4(22)7(25)17(30)36-15(12)19(32)35-3;/h4-15,17,20-27,30H,1-3H3,(H,28,29);/q;+1/p-1. The van der Waals surface area contributed by atoms with Crippen molar-refractivity contribution in [3.63, 3.8) is 0 Å². The van der Waals surface area contributed by atoms with Crippen LogP contribution in [0.15, 0.2) is 0 Å². The Morgan fingerprint density at radius 2 is 0.976 bits per heavy atom. The fourth-order valence-electron chi connectivity index (χ4n) is 4.43. The van der Waals surface area contributed by atoms with Crippen molar-refractivity contribution in [3.8, 4) is 0 Å². The summed E-state index contributed by atoms with van der Waals surface area (Å²) in [5, 5.41) is 84.1. The van der Waals surface area contributed by atoms with Gasteiger partial charge in [0.2, 0.25) is 0 Å². The van der Waals surface area contributed by atoms with E-state index in [9.17, 15) is 55.2 Å². The van der Waals surface area contributed by atoms with Gasteiger partial charge in [-0.1, -0.05) is 0 Å². The Kier molecular flexibility index (Phi) is 13.3. The number of ether oxygens (including phenoxy) is 8. The first kappa shape index (κ1) is 36.1. The van der Waals surface area contributed by atoms with Crippen molar-refractivity contribution in [1.29, 1.82) is 0 Å². The molecule has 0 radical (unpaired) electrons. The van der Waals surface area contributed by atoms with Crippen molar-refractivity contribution in [2.45, 2.75) is 92.1 Å². The minimum atomic E-state index is -2.30. The number of hydrogen-bond donors (Lipinski definition) is 7. The molecule has 230 valence electrons. The molecular weight excluding hydrogens is 579 g/mol. The number of hydrogen-bond acceptors (Lipinski definition) is 19. The van der Waals surface area contributed by atoms with E-state index in [2.05, 4.69) is 9.47 Å². The van der Waals surface area contributed by atoms with Gasteiger partial charge < -0.3 is 83.5 Å². The molecule has 15 unspecified atom stereocenters. The molecule has 0 aromatic carbocycles. The quantitative estimate of drug-likeness (QED) is 0.0991. The molecule has 3 aliphatic rings. The summed E-state index contributed by atoms with van der Waals surface area (Å²) in [6.45, 7) is 0. The van der Waals surface area contributed by atoms with Crippen molar-refractivity contribution in [3.05, 3.63) is 0 Å². The number of esters is 2. The Bertz CT molecular complexity index is 908. The molecule has 3 fully saturated rings. The summed E-state index contributed by atoms with van der Waals surface area (Å²) >= 11 is 0. The van der Waals surface area contributed by atoms with Crippen LogP contribution in [0.4, 0.5) is 0 Å². The summed E-state index contributed by atoms with van der Waals surface area (Å²) in [6.07, 6.45) is -29.9. The molecule has 0 amide bonds. The van der Waals surface area contributed by atoms with Gasteiger partial charge in [-0.15, -0.1) is 0 Å². The fraction of sp³-hybridized carbons (Fsp3) is 0.857. The molecule has 0 aliphatic carbocycles. The number of carboxylic acids is 1. The monoisotopic (exact) mass is 610 g/mol. The number of methoxy groups -OCH3 is 3. The fourth-order valence-corrected chi connectivity index (χ4v) is 4.43. The Balaban J connectivity index is 0.00000588. The molecule has 3 aliphatic heterocycles. The van der Waals surface area contributed by atoms with Crippen molar-refractivity contribution in [2.75, 3.05) is 21.3 Å². The number of aliphatic hydroxyl groups is 7. The molecule has 0 saturated carbocycles. The second-order valence-electron chi connectivity index (χ2n) is 9.01. The summed E-state index contributed by atoms with van der Waals surface area (Å²) in [4.78, 5) is 36.1. The van der Waals surface area contributed by atoms with E-state index in [1.165, 1.54) is 0 Å². The van der Waals surface area contributed by atoms with Crippen LogP contribution in [0.3, 0.4) is 0 Å². The van der Waals surface area contributed by atoms with E-state index in [0.717, 1.165) is 21.3 Å². The molecule has 3 saturated heterocycles. The van der Waals surface area contributed by atoms with Gasteiger partial charge in [0.1, 0.15) is 61.0 Å². The molecule has 20 heteroatoms. The van der Waals surface area contributed by atoms with Gasteiger partial charge in [0.05, 0.1) is 20.2 Å². The minimum Gasteiger partial charge on any atom is -0.547 e. The SMILES string of the molecule is COC(=O)C1OC(O)C(O)C(O)C1OC1OC(C(=O)[O-])C(OC2OC(C(=O)OC)C(OC)C(O)C2O)C(O)C1O.[Na+]. The van der Waals surface area contributed by atoms with Crippen LogP contribution in [0.5, 0.6) is 0 Å². The third-order valence-corrected chi connectivity index (χ3v) is 6.61. The average Bonchev–Trinajstić information content (AvgIpc) is 2.93. The molecular formula is C21H31NaO19. The van der Waals surface area contributed by atoms with Crippen molar-refractivity contribution in [1.82, 2.24) is 0 Å². The molecule has 3 rings (SSSR count). The first-order valence-electron chi connectivity index (χ1n) is 11.7. The number of aliphatic hydroxyl groups excluding tert-OH is 7. The minimum absolute atomic E-state index is 0. The van der Waals surface area contributed by atoms with Gasteiger partial charge in [-0.3, -0.25) is 0 Å². The van der Waals surface area contributed by atoms with Crippen LogP contribution in [0.25, 0.3) is 0 Å². The molecule has 0 aromatic heterocycles. The first-order valence-corrected chi connectivity index (χ1v) is 11.7. The summed E-state index contributed by atoms with van der Waals surface area (Å²) in [6, 6.07) is 0. The number of carboxylic acid groups (broad SMARTS) is 1. The van der Waals surface area contributed by atoms with Gasteiger partial charge in [0.25, 0.3) is 0 Å². The predicted octanol–water partition coefficient (Wildman–Crippen LogP) is -10.8. The van der Waals surface area contributed by atoms with Crippen LogP contribution in [0.1, 0.15) is 0 Å². The molecule has 0 spiro atoms. The van der Waals surface area contributed by atoms with Crippen LogP contribution < -0.4 is 34.7 Å². The molecule has 0 aromatic rings. The zero-order valence-electron chi connectivity index (χ0n) is 22.2. The Morgan fingerprint density at radius 1 is 0.585 bits per heavy atom. The second kappa shape index (κ2) is 15.1. The van der Waals surface area contributed by atoms with E-state index in [-0.39, 0.29) is 29.6 Å². The normalized spacial score (nSPS) is 44.8. The van der Waals surface area contributed by atoms with Gasteiger partial charge >= 0.3 is 41.5 Å². The third-order valence-electron chi connectivity index (χ3n) is 6.61. The van der Waals surface area contributed by atoms with E-state index in [4.69, 9.17) is 28.4 Å². The number of carbonyl (C=O) groups excluding carboxylic acids is 3. The van der Waals surface area contributed by atoms with Crippen LogP contribution in [0.2, 0.25) is 0 Å². The summed E-state index contributed by atoms with van der Waals surface area (Å²) in [5.74, 6) is -4.30. The van der Waals surface area contributed by atoms with Gasteiger partial charge in [-0.2, -0.15) is 0 Å². The van der Waals surface area contributed by atoms with Crippen LogP contribution in [0, 0.1) is 0 Å². The van der Waals surface area contributed by atoms with Crippen LogP contribution in [-0.4, -0.2) is 167 Å². The van der Waals surface area contributed by atoms with Crippen molar-refractivity contribution in [2.24, 2.45) is 0 Å². The summed E-state index contributed by atoms with van der Waals surface area (Å²) in [5.41, 5.74) is 0. The topological polar surface area (TPSA) is 290 Å². The van der Waals surface area contributed by atoms with Crippen molar-refractivity contribution >= 4 is 17.9 Å². The van der Waals surface area contributed by atoms with Crippen LogP contribution in [-0.2, 0) is 52.3 Å². The predicted molar refractivity (Wildman–Crippen MR) is 114 cm³/mol. The number of aliphatic carboxylic acids is 1. The maximum absolute atomic E-state index is 12.1. The largest absolute Gasteiger partial charge is 1.00 e. The third kappa shape index (κ3) is 7.34. The van der Waals surface area contributed by atoms with E-state index >= 15 is 0 Å². The molecule has 3 heterocycles. The van der Waals surface area contributed by atoms with Crippen LogP contribution >= 0.6 is 0 Å². The molecule has 41 heavy (non-hydrogen) atoms. The molecule has 7 N–H and O–H groups in total. The van der Waals surface area contributed by atoms with Gasteiger partial charge in [0, 0.05) is 7.11 Å². The molecule has 15 atom stereocenters. The molecule has 19 nitrogen and oxygen atoms in total. The molecule has 0 bridgehead atoms. The van der Waals surface area contributed by atoms with E-state index in [0.29, 0.717) is 0 Å². The van der Waals surface area contributed by atoms with E-state index in [1.807, 2.05) is 0 Å². The zero-order valence-corrected chi connectivity index (χ0v) is 24.2. The van der Waals surface area contributed by atoms with Gasteiger partial charge in [-0.05, 0) is 0 Å². The number of carbonyl (C=O) groups is 3. The number of rotatable bonds is 8. The Hall–Kier alpha value is -1.11. The first-order chi connectivity index (χ1) is 18.8. The van der Waals surface area contributed by atoms with E-state index < -0.39 is 110 Å². The Morgan fingerprint density at radius 3 is 1.41 bits per heavy atom. The maximum Gasteiger partial charge on any atom is 1.00 e.